The van der Waals surface area contributed by atoms with E-state index in [1.54, 1.807) is 36.5 Å². The molecule has 0 N–H and O–H groups in total. The fourth-order valence-electron chi connectivity index (χ4n) is 1.43. The third kappa shape index (κ3) is 2.65. The highest BCUT2D eigenvalue weighted by molar-refractivity contribution is 6.37. The number of ketones is 1. The number of nitrogens with zero attached hydrogens (tertiary/aromatic N) is 1. The molecule has 0 spiro atoms. The van der Waals surface area contributed by atoms with E-state index in [4.69, 9.17) is 23.2 Å². The highest BCUT2D eigenvalue weighted by Crippen LogP contribution is 2.23. The van der Waals surface area contributed by atoms with Gasteiger partial charge in [0.2, 0.25) is 0 Å². The van der Waals surface area contributed by atoms with Gasteiger partial charge in [0.25, 0.3) is 0 Å². The van der Waals surface area contributed by atoms with Crippen LogP contribution in [0.1, 0.15) is 21.6 Å². The van der Waals surface area contributed by atoms with Crippen LogP contribution in [0.2, 0.25) is 10.0 Å². The number of halogens is 2. The van der Waals surface area contributed by atoms with Crippen LogP contribution in [0.15, 0.2) is 36.5 Å². The Kier molecular flexibility index (Phi) is 3.46. The minimum absolute atomic E-state index is 0.154. The summed E-state index contributed by atoms with van der Waals surface area (Å²) in [5.41, 5.74) is 1.81. The number of hydrogen-bond acceptors (Lipinski definition) is 2. The maximum atomic E-state index is 12.1. The van der Waals surface area contributed by atoms with Crippen molar-refractivity contribution in [2.75, 3.05) is 0 Å². The molecule has 0 saturated heterocycles. The highest BCUT2D eigenvalue weighted by Gasteiger charge is 2.13. The number of pyridine rings is 1. The molecule has 0 atom stereocenters. The Balaban J connectivity index is 2.40. The van der Waals surface area contributed by atoms with E-state index in [2.05, 4.69) is 4.98 Å². The molecule has 0 radical (unpaired) electrons. The topological polar surface area (TPSA) is 30.0 Å². The summed E-state index contributed by atoms with van der Waals surface area (Å²) in [6.45, 7) is 1.86. The van der Waals surface area contributed by atoms with E-state index in [0.29, 0.717) is 21.2 Å². The van der Waals surface area contributed by atoms with Crippen molar-refractivity contribution in [2.24, 2.45) is 0 Å². The zero-order valence-electron chi connectivity index (χ0n) is 9.08. The molecule has 17 heavy (non-hydrogen) atoms. The molecule has 0 amide bonds. The van der Waals surface area contributed by atoms with Gasteiger partial charge in [-0.3, -0.25) is 9.78 Å². The van der Waals surface area contributed by atoms with E-state index in [1.165, 1.54) is 0 Å². The standard InChI is InChI=1S/C13H9Cl2NO/c1-8-2-3-9(7-16-8)13(17)11-5-4-10(14)6-12(11)15/h2-7H,1H3. The van der Waals surface area contributed by atoms with E-state index < -0.39 is 0 Å². The van der Waals surface area contributed by atoms with Gasteiger partial charge in [-0.1, -0.05) is 23.2 Å². The zero-order chi connectivity index (χ0) is 12.4. The van der Waals surface area contributed by atoms with Crippen LogP contribution in [-0.4, -0.2) is 10.8 Å². The summed E-state index contributed by atoms with van der Waals surface area (Å²) in [6, 6.07) is 8.33. The van der Waals surface area contributed by atoms with Crippen molar-refractivity contribution in [1.82, 2.24) is 4.98 Å². The summed E-state index contributed by atoms with van der Waals surface area (Å²) in [6.07, 6.45) is 1.54. The first-order chi connectivity index (χ1) is 8.08. The van der Waals surface area contributed by atoms with Gasteiger partial charge in [0, 0.05) is 28.0 Å². The molecular formula is C13H9Cl2NO. The van der Waals surface area contributed by atoms with Gasteiger partial charge in [-0.05, 0) is 37.3 Å². The minimum Gasteiger partial charge on any atom is -0.288 e. The number of aromatic nitrogens is 1. The van der Waals surface area contributed by atoms with Crippen LogP contribution >= 0.6 is 23.2 Å². The summed E-state index contributed by atoms with van der Waals surface area (Å²) in [7, 11) is 0. The predicted molar refractivity (Wildman–Crippen MR) is 68.9 cm³/mol. The van der Waals surface area contributed by atoms with Gasteiger partial charge in [0.1, 0.15) is 0 Å². The van der Waals surface area contributed by atoms with Crippen LogP contribution in [0.4, 0.5) is 0 Å². The third-order valence-corrected chi connectivity index (χ3v) is 2.90. The van der Waals surface area contributed by atoms with Crippen LogP contribution in [0.3, 0.4) is 0 Å². The van der Waals surface area contributed by atoms with Gasteiger partial charge in [-0.2, -0.15) is 0 Å². The molecule has 0 saturated carbocycles. The average Bonchev–Trinajstić information content (AvgIpc) is 2.29. The zero-order valence-corrected chi connectivity index (χ0v) is 10.6. The lowest BCUT2D eigenvalue weighted by molar-refractivity contribution is 0.103. The van der Waals surface area contributed by atoms with Crippen molar-refractivity contribution in [3.63, 3.8) is 0 Å². The monoisotopic (exact) mass is 265 g/mol. The first-order valence-electron chi connectivity index (χ1n) is 5.00. The Hall–Kier alpha value is -1.38. The van der Waals surface area contributed by atoms with Gasteiger partial charge < -0.3 is 0 Å². The molecule has 1 aromatic heterocycles. The summed E-state index contributed by atoms with van der Waals surface area (Å²) < 4.78 is 0. The Bertz CT molecular complexity index is 564. The molecule has 4 heteroatoms. The maximum absolute atomic E-state index is 12.1. The molecule has 86 valence electrons. The number of benzene rings is 1. The molecule has 0 aliphatic carbocycles. The first-order valence-corrected chi connectivity index (χ1v) is 5.76. The van der Waals surface area contributed by atoms with Gasteiger partial charge in [-0.25, -0.2) is 0 Å². The Morgan fingerprint density at radius 1 is 1.18 bits per heavy atom. The number of carbonyl (C=O) groups is 1. The van der Waals surface area contributed by atoms with Crippen LogP contribution in [0.5, 0.6) is 0 Å². The Morgan fingerprint density at radius 3 is 2.53 bits per heavy atom. The largest absolute Gasteiger partial charge is 0.288 e. The first kappa shape index (κ1) is 12.1. The van der Waals surface area contributed by atoms with Crippen molar-refractivity contribution in [3.8, 4) is 0 Å². The molecule has 1 heterocycles. The second kappa shape index (κ2) is 4.86. The normalized spacial score (nSPS) is 10.3. The average molecular weight is 266 g/mol. The van der Waals surface area contributed by atoms with Crippen LogP contribution in [0, 0.1) is 6.92 Å². The molecule has 0 unspecified atom stereocenters. The molecule has 2 nitrogen and oxygen atoms in total. The lowest BCUT2D eigenvalue weighted by atomic mass is 10.0. The highest BCUT2D eigenvalue weighted by atomic mass is 35.5. The van der Waals surface area contributed by atoms with Crippen molar-refractivity contribution < 1.29 is 4.79 Å². The molecule has 2 rings (SSSR count). The second-order valence-corrected chi connectivity index (χ2v) is 4.49. The molecular weight excluding hydrogens is 257 g/mol. The minimum atomic E-state index is -0.154. The lowest BCUT2D eigenvalue weighted by Crippen LogP contribution is -2.02. The molecule has 0 aliphatic heterocycles. The number of rotatable bonds is 2. The van der Waals surface area contributed by atoms with Crippen LogP contribution in [0.25, 0.3) is 0 Å². The summed E-state index contributed by atoms with van der Waals surface area (Å²) in [5, 5.41) is 0.858. The number of aryl methyl sites for hydroxylation is 1. The van der Waals surface area contributed by atoms with Gasteiger partial charge in [-0.15, -0.1) is 0 Å². The van der Waals surface area contributed by atoms with Crippen molar-refractivity contribution in [3.05, 3.63) is 63.4 Å². The smallest absolute Gasteiger partial charge is 0.196 e. The molecule has 2 aromatic rings. The van der Waals surface area contributed by atoms with Crippen molar-refractivity contribution in [1.29, 1.82) is 0 Å². The van der Waals surface area contributed by atoms with E-state index in [9.17, 15) is 4.79 Å². The quantitative estimate of drug-likeness (QED) is 0.771. The second-order valence-electron chi connectivity index (χ2n) is 3.64. The van der Waals surface area contributed by atoms with Crippen molar-refractivity contribution >= 4 is 29.0 Å². The van der Waals surface area contributed by atoms with E-state index in [0.717, 1.165) is 5.69 Å². The molecule has 0 aliphatic rings. The Labute approximate surface area is 109 Å². The van der Waals surface area contributed by atoms with Gasteiger partial charge >= 0.3 is 0 Å². The third-order valence-electron chi connectivity index (χ3n) is 2.35. The van der Waals surface area contributed by atoms with Gasteiger partial charge in [0.05, 0.1) is 5.02 Å². The fraction of sp³-hybridized carbons (Fsp3) is 0.0769. The molecule has 0 bridgehead atoms. The fourth-order valence-corrected chi connectivity index (χ4v) is 1.93. The van der Waals surface area contributed by atoms with E-state index >= 15 is 0 Å². The van der Waals surface area contributed by atoms with E-state index in [-0.39, 0.29) is 5.78 Å². The van der Waals surface area contributed by atoms with Crippen molar-refractivity contribution in [2.45, 2.75) is 6.92 Å². The van der Waals surface area contributed by atoms with Gasteiger partial charge in [0.15, 0.2) is 5.78 Å². The Morgan fingerprint density at radius 2 is 1.94 bits per heavy atom. The van der Waals surface area contributed by atoms with Crippen LogP contribution in [-0.2, 0) is 0 Å². The molecule has 0 fully saturated rings. The SMILES string of the molecule is Cc1ccc(C(=O)c2ccc(Cl)cc2Cl)cn1. The maximum Gasteiger partial charge on any atom is 0.196 e. The lowest BCUT2D eigenvalue weighted by Gasteiger charge is -2.04. The number of carbonyl (C=O) groups excluding carboxylic acids is 1. The number of hydrogen-bond donors (Lipinski definition) is 0. The summed E-state index contributed by atoms with van der Waals surface area (Å²) >= 11 is 11.8. The van der Waals surface area contributed by atoms with E-state index in [1.807, 2.05) is 6.92 Å². The summed E-state index contributed by atoms with van der Waals surface area (Å²) in [5.74, 6) is -0.154. The molecule has 1 aromatic carbocycles. The summed E-state index contributed by atoms with van der Waals surface area (Å²) in [4.78, 5) is 16.2. The predicted octanol–water partition coefficient (Wildman–Crippen LogP) is 3.93. The van der Waals surface area contributed by atoms with Crippen LogP contribution < -0.4 is 0 Å².